The lowest BCUT2D eigenvalue weighted by Crippen LogP contribution is -2.10. The highest BCUT2D eigenvalue weighted by molar-refractivity contribution is 6.11. The van der Waals surface area contributed by atoms with Crippen molar-refractivity contribution in [1.82, 2.24) is 4.57 Å². The van der Waals surface area contributed by atoms with Crippen LogP contribution in [0.1, 0.15) is 0 Å². The molecule has 0 unspecified atom stereocenters. The molecule has 0 spiro atoms. The normalized spacial score (nSPS) is 11.6. The minimum atomic E-state index is 0.890. The van der Waals surface area contributed by atoms with Crippen LogP contribution in [0.4, 0.5) is 17.1 Å². The predicted octanol–water partition coefficient (Wildman–Crippen LogP) is 16.3. The van der Waals surface area contributed by atoms with Gasteiger partial charge < -0.3 is 13.9 Å². The number of aromatic nitrogens is 1. The number of hydrogen-bond donors (Lipinski definition) is 0. The molecule has 61 heavy (non-hydrogen) atoms. The maximum absolute atomic E-state index is 6.50. The van der Waals surface area contributed by atoms with E-state index in [4.69, 9.17) is 4.42 Å². The van der Waals surface area contributed by atoms with E-state index in [2.05, 4.69) is 234 Å². The van der Waals surface area contributed by atoms with Crippen LogP contribution in [0, 0.1) is 0 Å². The van der Waals surface area contributed by atoms with Crippen LogP contribution in [-0.4, -0.2) is 4.57 Å². The summed E-state index contributed by atoms with van der Waals surface area (Å²) in [5, 5.41) is 7.24. The molecule has 0 aliphatic heterocycles. The fourth-order valence-electron chi connectivity index (χ4n) is 9.20. The molecule has 12 aromatic rings. The smallest absolute Gasteiger partial charge is 0.143 e. The molecule has 0 amide bonds. The third-order valence-corrected chi connectivity index (χ3v) is 12.2. The molecular formula is C58H38N2O. The number of benzene rings is 10. The molecule has 286 valence electrons. The van der Waals surface area contributed by atoms with Crippen molar-refractivity contribution in [1.29, 1.82) is 0 Å². The second-order valence-corrected chi connectivity index (χ2v) is 15.7. The maximum Gasteiger partial charge on any atom is 0.143 e. The van der Waals surface area contributed by atoms with Crippen molar-refractivity contribution < 1.29 is 4.42 Å². The molecule has 3 nitrogen and oxygen atoms in total. The maximum atomic E-state index is 6.50. The molecule has 0 radical (unpaired) electrons. The molecule has 0 aliphatic rings. The zero-order chi connectivity index (χ0) is 40.3. The molecule has 12 rings (SSSR count). The van der Waals surface area contributed by atoms with Crippen LogP contribution in [0.15, 0.2) is 235 Å². The van der Waals surface area contributed by atoms with Crippen molar-refractivity contribution in [3.05, 3.63) is 231 Å². The first-order valence-corrected chi connectivity index (χ1v) is 20.8. The Labute approximate surface area is 353 Å². The summed E-state index contributed by atoms with van der Waals surface area (Å²) >= 11 is 0. The SMILES string of the molecule is c1ccc(-c2cccc3c2oc2ccc(-c4ccc(N(c5ccc(-c6ccc7ccccc7c6)cc5)c5ccc(-n6c7ccccc7c7ccccc76)cc5)cc4)cc23)cc1. The summed E-state index contributed by atoms with van der Waals surface area (Å²) in [4.78, 5) is 2.35. The van der Waals surface area contributed by atoms with Gasteiger partial charge in [0, 0.05) is 49.9 Å². The van der Waals surface area contributed by atoms with Crippen molar-refractivity contribution in [3.63, 3.8) is 0 Å². The molecule has 2 aromatic heterocycles. The van der Waals surface area contributed by atoms with Crippen molar-refractivity contribution in [2.75, 3.05) is 4.90 Å². The monoisotopic (exact) mass is 778 g/mol. The van der Waals surface area contributed by atoms with Gasteiger partial charge in [-0.3, -0.25) is 0 Å². The standard InChI is InChI=1S/C58H38N2O/c1-2-12-42(13-3-1)50-17-10-18-53-54-38-45(27-36-57(54)61-58(50)53)41-25-30-47(31-26-41)59(46-28-23-40(24-29-46)44-22-21-39-11-4-5-14-43(39)37-44)48-32-34-49(35-33-48)60-55-19-8-6-15-51(55)52-16-7-9-20-56(52)60/h1-38H. The number of nitrogens with zero attached hydrogens (tertiary/aromatic N) is 2. The molecular weight excluding hydrogens is 741 g/mol. The van der Waals surface area contributed by atoms with Gasteiger partial charge >= 0.3 is 0 Å². The first kappa shape index (κ1) is 34.9. The Hall–Kier alpha value is -8.14. The van der Waals surface area contributed by atoms with Gasteiger partial charge in [0.05, 0.1) is 11.0 Å². The Morgan fingerprint density at radius 3 is 1.52 bits per heavy atom. The van der Waals surface area contributed by atoms with Gasteiger partial charge in [-0.1, -0.05) is 152 Å². The highest BCUT2D eigenvalue weighted by Crippen LogP contribution is 2.41. The van der Waals surface area contributed by atoms with E-state index in [0.717, 1.165) is 66.9 Å². The largest absolute Gasteiger partial charge is 0.455 e. The van der Waals surface area contributed by atoms with E-state index >= 15 is 0 Å². The number of hydrogen-bond acceptors (Lipinski definition) is 2. The average molecular weight is 779 g/mol. The van der Waals surface area contributed by atoms with Gasteiger partial charge in [0.1, 0.15) is 11.2 Å². The topological polar surface area (TPSA) is 21.3 Å². The van der Waals surface area contributed by atoms with Gasteiger partial charge in [0.25, 0.3) is 0 Å². The summed E-state index contributed by atoms with van der Waals surface area (Å²) in [7, 11) is 0. The van der Waals surface area contributed by atoms with Crippen molar-refractivity contribution in [2.24, 2.45) is 0 Å². The van der Waals surface area contributed by atoms with Gasteiger partial charge in [-0.25, -0.2) is 0 Å². The Balaban J connectivity index is 0.932. The van der Waals surface area contributed by atoms with Crippen LogP contribution in [-0.2, 0) is 0 Å². The molecule has 0 saturated carbocycles. The second-order valence-electron chi connectivity index (χ2n) is 15.7. The highest BCUT2D eigenvalue weighted by atomic mass is 16.3. The van der Waals surface area contributed by atoms with E-state index in [0.29, 0.717) is 0 Å². The first-order chi connectivity index (χ1) is 30.2. The summed E-state index contributed by atoms with van der Waals surface area (Å²) in [5.74, 6) is 0. The predicted molar refractivity (Wildman–Crippen MR) is 257 cm³/mol. The van der Waals surface area contributed by atoms with Gasteiger partial charge in [0.2, 0.25) is 0 Å². The van der Waals surface area contributed by atoms with Crippen LogP contribution in [0.2, 0.25) is 0 Å². The van der Waals surface area contributed by atoms with Crippen molar-refractivity contribution >= 4 is 71.6 Å². The Morgan fingerprint density at radius 1 is 0.328 bits per heavy atom. The summed E-state index contributed by atoms with van der Waals surface area (Å²) in [6.07, 6.45) is 0. The van der Waals surface area contributed by atoms with Gasteiger partial charge in [0.15, 0.2) is 0 Å². The third kappa shape index (κ3) is 5.98. The highest BCUT2D eigenvalue weighted by Gasteiger charge is 2.17. The van der Waals surface area contributed by atoms with E-state index in [1.807, 2.05) is 6.07 Å². The van der Waals surface area contributed by atoms with Crippen LogP contribution < -0.4 is 4.90 Å². The number of fused-ring (bicyclic) bond motifs is 7. The third-order valence-electron chi connectivity index (χ3n) is 12.2. The van der Waals surface area contributed by atoms with E-state index in [-0.39, 0.29) is 0 Å². The quantitative estimate of drug-likeness (QED) is 0.161. The molecule has 10 aromatic carbocycles. The van der Waals surface area contributed by atoms with Crippen molar-refractivity contribution in [2.45, 2.75) is 0 Å². The van der Waals surface area contributed by atoms with Gasteiger partial charge in [-0.05, 0) is 117 Å². The number of anilines is 3. The van der Waals surface area contributed by atoms with E-state index in [9.17, 15) is 0 Å². The van der Waals surface area contributed by atoms with Crippen LogP contribution in [0.3, 0.4) is 0 Å². The number of para-hydroxylation sites is 3. The lowest BCUT2D eigenvalue weighted by Gasteiger charge is -2.26. The molecule has 3 heteroatoms. The minimum Gasteiger partial charge on any atom is -0.455 e. The fraction of sp³-hybridized carbons (Fsp3) is 0. The molecule has 2 heterocycles. The summed E-state index contributed by atoms with van der Waals surface area (Å²) in [6, 6.07) is 82.9. The molecule has 0 N–H and O–H groups in total. The number of furan rings is 1. The van der Waals surface area contributed by atoms with Crippen LogP contribution in [0.25, 0.3) is 93.6 Å². The zero-order valence-electron chi connectivity index (χ0n) is 33.2. The molecule has 0 fully saturated rings. The summed E-state index contributed by atoms with van der Waals surface area (Å²) in [6.45, 7) is 0. The average Bonchev–Trinajstić information content (AvgIpc) is 3.88. The molecule has 0 atom stereocenters. The molecule has 0 bridgehead atoms. The zero-order valence-corrected chi connectivity index (χ0v) is 33.2. The number of rotatable bonds is 7. The Morgan fingerprint density at radius 2 is 0.852 bits per heavy atom. The fourth-order valence-corrected chi connectivity index (χ4v) is 9.20. The molecule has 0 saturated heterocycles. The summed E-state index contributed by atoms with van der Waals surface area (Å²) < 4.78 is 8.87. The first-order valence-electron chi connectivity index (χ1n) is 20.8. The summed E-state index contributed by atoms with van der Waals surface area (Å²) in [5.41, 5.74) is 15.5. The molecule has 0 aliphatic carbocycles. The van der Waals surface area contributed by atoms with Gasteiger partial charge in [-0.15, -0.1) is 0 Å². The lowest BCUT2D eigenvalue weighted by atomic mass is 9.99. The second kappa shape index (κ2) is 14.3. The Bertz CT molecular complexity index is 3510. The Kier molecular flexibility index (Phi) is 8.17. The van der Waals surface area contributed by atoms with E-state index < -0.39 is 0 Å². The van der Waals surface area contributed by atoms with E-state index in [1.165, 1.54) is 43.7 Å². The van der Waals surface area contributed by atoms with Gasteiger partial charge in [-0.2, -0.15) is 0 Å². The van der Waals surface area contributed by atoms with Crippen LogP contribution in [0.5, 0.6) is 0 Å². The van der Waals surface area contributed by atoms with E-state index in [1.54, 1.807) is 0 Å². The minimum absolute atomic E-state index is 0.890. The lowest BCUT2D eigenvalue weighted by molar-refractivity contribution is 0.670. The van der Waals surface area contributed by atoms with Crippen molar-refractivity contribution in [3.8, 4) is 39.1 Å². The van der Waals surface area contributed by atoms with Crippen LogP contribution >= 0.6 is 0 Å².